The number of aryl methyl sites for hydroxylation is 2. The van der Waals surface area contributed by atoms with Gasteiger partial charge in [-0.25, -0.2) is 5.43 Å². The lowest BCUT2D eigenvalue weighted by molar-refractivity contribution is 0.0950. The van der Waals surface area contributed by atoms with E-state index in [1.165, 1.54) is 11.1 Å². The van der Waals surface area contributed by atoms with Crippen molar-refractivity contribution in [2.24, 2.45) is 5.10 Å². The largest absolute Gasteiger partial charge is 0.493 e. The minimum Gasteiger partial charge on any atom is -0.493 e. The number of H-pyrrole nitrogens is 1. The number of amides is 1. The first-order valence-electron chi connectivity index (χ1n) is 8.76. The van der Waals surface area contributed by atoms with Gasteiger partial charge < -0.3 is 4.74 Å². The number of hydrogen-bond donors (Lipinski definition) is 2. The first-order valence-corrected chi connectivity index (χ1v) is 8.76. The molecule has 2 N–H and O–H groups in total. The predicted molar refractivity (Wildman–Crippen MR) is 106 cm³/mol. The third-order valence-electron chi connectivity index (χ3n) is 4.21. The molecule has 3 aromatic rings. The number of aromatic amines is 1. The average molecular weight is 362 g/mol. The fourth-order valence-electron chi connectivity index (χ4n) is 2.58. The summed E-state index contributed by atoms with van der Waals surface area (Å²) >= 11 is 0. The summed E-state index contributed by atoms with van der Waals surface area (Å²) in [6.45, 7) is 6.59. The van der Waals surface area contributed by atoms with Gasteiger partial charge in [-0.2, -0.15) is 10.2 Å². The van der Waals surface area contributed by atoms with Crippen LogP contribution in [0.3, 0.4) is 0 Å². The zero-order chi connectivity index (χ0) is 19.2. The zero-order valence-corrected chi connectivity index (χ0v) is 15.6. The molecule has 1 amide bonds. The van der Waals surface area contributed by atoms with Crippen molar-refractivity contribution >= 4 is 12.1 Å². The van der Waals surface area contributed by atoms with Crippen LogP contribution in [0.2, 0.25) is 0 Å². The predicted octanol–water partition coefficient (Wildman–Crippen LogP) is 3.86. The van der Waals surface area contributed by atoms with E-state index >= 15 is 0 Å². The van der Waals surface area contributed by atoms with Crippen LogP contribution in [0.15, 0.2) is 53.6 Å². The highest BCUT2D eigenvalue weighted by Crippen LogP contribution is 2.21. The maximum Gasteiger partial charge on any atom is 0.289 e. The highest BCUT2D eigenvalue weighted by Gasteiger charge is 2.11. The summed E-state index contributed by atoms with van der Waals surface area (Å²) in [5.74, 6) is 0.360. The third-order valence-corrected chi connectivity index (χ3v) is 4.21. The molecule has 0 fully saturated rings. The molecule has 0 saturated heterocycles. The number of carbonyl (C=O) groups is 1. The molecule has 0 aliphatic heterocycles. The molecule has 6 nitrogen and oxygen atoms in total. The van der Waals surface area contributed by atoms with Gasteiger partial charge in [-0.1, -0.05) is 24.3 Å². The van der Waals surface area contributed by atoms with Gasteiger partial charge in [0.15, 0.2) is 0 Å². The van der Waals surface area contributed by atoms with Crippen molar-refractivity contribution in [1.29, 1.82) is 0 Å². The second kappa shape index (κ2) is 8.31. The van der Waals surface area contributed by atoms with Gasteiger partial charge in [0.1, 0.15) is 11.4 Å². The van der Waals surface area contributed by atoms with Gasteiger partial charge in [0.05, 0.1) is 18.5 Å². The van der Waals surface area contributed by atoms with Crippen LogP contribution in [-0.4, -0.2) is 28.9 Å². The molecular weight excluding hydrogens is 340 g/mol. The second-order valence-electron chi connectivity index (χ2n) is 6.14. The van der Waals surface area contributed by atoms with Crippen LogP contribution >= 0.6 is 0 Å². The van der Waals surface area contributed by atoms with Crippen LogP contribution in [0.5, 0.6) is 5.75 Å². The summed E-state index contributed by atoms with van der Waals surface area (Å²) in [4.78, 5) is 12.3. The maximum atomic E-state index is 12.3. The van der Waals surface area contributed by atoms with Crippen LogP contribution in [0.25, 0.3) is 11.3 Å². The molecule has 0 saturated carbocycles. The molecule has 2 aromatic carbocycles. The Bertz CT molecular complexity index is 976. The number of nitrogens with zero attached hydrogens (tertiary/aromatic N) is 2. The molecule has 6 heteroatoms. The molecule has 0 spiro atoms. The van der Waals surface area contributed by atoms with Gasteiger partial charge in [0, 0.05) is 11.1 Å². The van der Waals surface area contributed by atoms with E-state index in [9.17, 15) is 4.79 Å². The molecule has 27 heavy (non-hydrogen) atoms. The number of carbonyl (C=O) groups excluding carboxylic acids is 1. The van der Waals surface area contributed by atoms with E-state index in [2.05, 4.69) is 33.7 Å². The van der Waals surface area contributed by atoms with Crippen molar-refractivity contribution in [3.05, 3.63) is 70.9 Å². The maximum absolute atomic E-state index is 12.3. The normalized spacial score (nSPS) is 10.9. The van der Waals surface area contributed by atoms with Crippen molar-refractivity contribution in [1.82, 2.24) is 15.6 Å². The van der Waals surface area contributed by atoms with Crippen molar-refractivity contribution in [3.8, 4) is 17.0 Å². The lowest BCUT2D eigenvalue weighted by Crippen LogP contribution is -2.18. The van der Waals surface area contributed by atoms with Crippen LogP contribution in [0.1, 0.15) is 34.1 Å². The van der Waals surface area contributed by atoms with Gasteiger partial charge in [0.25, 0.3) is 5.91 Å². The Kier molecular flexibility index (Phi) is 5.66. The summed E-state index contributed by atoms with van der Waals surface area (Å²) in [5.41, 5.74) is 7.72. The van der Waals surface area contributed by atoms with E-state index in [-0.39, 0.29) is 5.91 Å². The highest BCUT2D eigenvalue weighted by molar-refractivity contribution is 5.94. The lowest BCUT2D eigenvalue weighted by Gasteiger charge is -2.05. The van der Waals surface area contributed by atoms with Crippen molar-refractivity contribution < 1.29 is 9.53 Å². The van der Waals surface area contributed by atoms with Gasteiger partial charge >= 0.3 is 0 Å². The molecule has 0 atom stereocenters. The van der Waals surface area contributed by atoms with E-state index in [4.69, 9.17) is 4.74 Å². The summed E-state index contributed by atoms with van der Waals surface area (Å²) in [6.07, 6.45) is 1.56. The summed E-state index contributed by atoms with van der Waals surface area (Å²) in [5, 5.41) is 11.0. The number of rotatable bonds is 6. The summed E-state index contributed by atoms with van der Waals surface area (Å²) < 4.78 is 5.53. The first kappa shape index (κ1) is 18.4. The molecule has 138 valence electrons. The summed E-state index contributed by atoms with van der Waals surface area (Å²) in [6, 6.07) is 15.3. The van der Waals surface area contributed by atoms with Gasteiger partial charge in [-0.05, 0) is 56.2 Å². The smallest absolute Gasteiger partial charge is 0.289 e. The van der Waals surface area contributed by atoms with E-state index in [0.717, 1.165) is 16.9 Å². The zero-order valence-electron chi connectivity index (χ0n) is 15.6. The van der Waals surface area contributed by atoms with Crippen LogP contribution in [0, 0.1) is 13.8 Å². The Morgan fingerprint density at radius 3 is 2.78 bits per heavy atom. The molecule has 0 aliphatic rings. The minimum atomic E-state index is -0.359. The molecule has 0 radical (unpaired) electrons. The van der Waals surface area contributed by atoms with Crippen molar-refractivity contribution in [2.45, 2.75) is 20.8 Å². The monoisotopic (exact) mass is 362 g/mol. The van der Waals surface area contributed by atoms with E-state index in [1.807, 2.05) is 50.2 Å². The number of hydrogen-bond acceptors (Lipinski definition) is 4. The lowest BCUT2D eigenvalue weighted by atomic mass is 10.0. The number of aromatic nitrogens is 2. The molecule has 0 aliphatic carbocycles. The Morgan fingerprint density at radius 2 is 2.00 bits per heavy atom. The van der Waals surface area contributed by atoms with Gasteiger partial charge in [-0.15, -0.1) is 0 Å². The first-order chi connectivity index (χ1) is 13.1. The number of para-hydroxylation sites is 1. The SMILES string of the molecule is CCOc1ccccc1/C=N/NC(=O)c1cc(-c2ccc(C)c(C)c2)n[nH]1. The number of benzene rings is 2. The van der Waals surface area contributed by atoms with E-state index in [0.29, 0.717) is 18.0 Å². The van der Waals surface area contributed by atoms with Crippen LogP contribution < -0.4 is 10.2 Å². The Hall–Kier alpha value is -3.41. The highest BCUT2D eigenvalue weighted by atomic mass is 16.5. The third kappa shape index (κ3) is 4.41. The fourth-order valence-corrected chi connectivity index (χ4v) is 2.58. The molecule has 0 unspecified atom stereocenters. The Morgan fingerprint density at radius 1 is 1.19 bits per heavy atom. The molecule has 0 bridgehead atoms. The molecule has 3 rings (SSSR count). The topological polar surface area (TPSA) is 79.4 Å². The van der Waals surface area contributed by atoms with Crippen LogP contribution in [0.4, 0.5) is 0 Å². The number of nitrogens with one attached hydrogen (secondary N) is 2. The standard InChI is InChI=1S/C21H22N4O2/c1-4-27-20-8-6-5-7-17(20)13-22-25-21(26)19-12-18(23-24-19)16-10-9-14(2)15(3)11-16/h5-13H,4H2,1-3H3,(H,23,24)(H,25,26)/b22-13+. The fraction of sp³-hybridized carbons (Fsp3) is 0.190. The van der Waals surface area contributed by atoms with Crippen molar-refractivity contribution in [3.63, 3.8) is 0 Å². The Balaban J connectivity index is 1.69. The molecular formula is C21H22N4O2. The van der Waals surface area contributed by atoms with E-state index < -0.39 is 0 Å². The minimum absolute atomic E-state index is 0.346. The second-order valence-corrected chi connectivity index (χ2v) is 6.14. The Labute approximate surface area is 158 Å². The van der Waals surface area contributed by atoms with Gasteiger partial charge in [0.2, 0.25) is 0 Å². The molecule has 1 aromatic heterocycles. The van der Waals surface area contributed by atoms with Gasteiger partial charge in [-0.3, -0.25) is 9.89 Å². The van der Waals surface area contributed by atoms with Crippen molar-refractivity contribution in [2.75, 3.05) is 6.61 Å². The number of ether oxygens (including phenoxy) is 1. The molecule has 1 heterocycles. The summed E-state index contributed by atoms with van der Waals surface area (Å²) in [7, 11) is 0. The average Bonchev–Trinajstić information content (AvgIpc) is 3.16. The quantitative estimate of drug-likeness (QED) is 0.516. The number of hydrazone groups is 1. The van der Waals surface area contributed by atoms with E-state index in [1.54, 1.807) is 12.3 Å². The van der Waals surface area contributed by atoms with Crippen LogP contribution in [-0.2, 0) is 0 Å².